The monoisotopic (exact) mass is 327 g/mol. The van der Waals surface area contributed by atoms with E-state index in [0.717, 1.165) is 0 Å². The van der Waals surface area contributed by atoms with E-state index < -0.39 is 0 Å². The number of aromatic nitrogens is 2. The third-order valence-corrected chi connectivity index (χ3v) is 3.67. The fourth-order valence-corrected chi connectivity index (χ4v) is 2.60. The number of carbonyl (C=O) groups is 1. The molecule has 2 aromatic carbocycles. The van der Waals surface area contributed by atoms with Gasteiger partial charge in [-0.1, -0.05) is 12.1 Å². The molecule has 0 saturated carbocycles. The summed E-state index contributed by atoms with van der Waals surface area (Å²) in [6.45, 7) is 2.08. The summed E-state index contributed by atoms with van der Waals surface area (Å²) in [5.41, 5.74) is 2.02. The molecule has 23 heavy (non-hydrogen) atoms. The standard InChI is InChI=1S/C17H14ClN3O2/c1-2-23-16(22)11-7-9-12(10-8-11)21-15(19)13-5-3-4-6-14(13)20-17(21)18/h3-10,19H,2H2,1H3. The van der Waals surface area contributed by atoms with E-state index in [4.69, 9.17) is 21.7 Å². The van der Waals surface area contributed by atoms with E-state index >= 15 is 0 Å². The Kier molecular flexibility index (Phi) is 4.12. The van der Waals surface area contributed by atoms with Crippen molar-refractivity contribution in [1.82, 2.24) is 9.55 Å². The Morgan fingerprint density at radius 2 is 1.91 bits per heavy atom. The fourth-order valence-electron chi connectivity index (χ4n) is 2.33. The zero-order chi connectivity index (χ0) is 16.4. The summed E-state index contributed by atoms with van der Waals surface area (Å²) >= 11 is 6.24. The van der Waals surface area contributed by atoms with Gasteiger partial charge in [-0.2, -0.15) is 0 Å². The minimum Gasteiger partial charge on any atom is -0.462 e. The molecule has 0 amide bonds. The van der Waals surface area contributed by atoms with Crippen LogP contribution in [0.15, 0.2) is 48.5 Å². The van der Waals surface area contributed by atoms with E-state index in [1.54, 1.807) is 31.2 Å². The van der Waals surface area contributed by atoms with Crippen LogP contribution in [0.5, 0.6) is 0 Å². The van der Waals surface area contributed by atoms with Crippen LogP contribution in [0.25, 0.3) is 16.6 Å². The largest absolute Gasteiger partial charge is 0.462 e. The number of nitrogens with zero attached hydrogens (tertiary/aromatic N) is 2. The van der Waals surface area contributed by atoms with Gasteiger partial charge in [0, 0.05) is 5.39 Å². The first-order valence-electron chi connectivity index (χ1n) is 7.11. The third kappa shape index (κ3) is 2.83. The first-order chi connectivity index (χ1) is 11.1. The molecule has 3 rings (SSSR count). The first kappa shape index (κ1) is 15.2. The van der Waals surface area contributed by atoms with Crippen molar-refractivity contribution in [2.45, 2.75) is 6.92 Å². The molecule has 0 radical (unpaired) electrons. The Morgan fingerprint density at radius 1 is 1.22 bits per heavy atom. The fraction of sp³-hybridized carbons (Fsp3) is 0.118. The number of benzene rings is 2. The maximum Gasteiger partial charge on any atom is 0.338 e. The summed E-state index contributed by atoms with van der Waals surface area (Å²) in [7, 11) is 0. The summed E-state index contributed by atoms with van der Waals surface area (Å²) < 4.78 is 6.48. The second-order valence-electron chi connectivity index (χ2n) is 4.85. The molecule has 0 bridgehead atoms. The average Bonchev–Trinajstić information content (AvgIpc) is 2.56. The molecule has 0 saturated heterocycles. The van der Waals surface area contributed by atoms with Crippen LogP contribution < -0.4 is 5.49 Å². The highest BCUT2D eigenvalue weighted by Gasteiger charge is 2.10. The van der Waals surface area contributed by atoms with Crippen molar-refractivity contribution in [3.63, 3.8) is 0 Å². The van der Waals surface area contributed by atoms with E-state index in [9.17, 15) is 4.79 Å². The molecule has 1 heterocycles. The predicted octanol–water partition coefficient (Wildman–Crippen LogP) is 3.34. The number of nitrogens with one attached hydrogen (secondary N) is 1. The van der Waals surface area contributed by atoms with Crippen LogP contribution in [0.1, 0.15) is 17.3 Å². The first-order valence-corrected chi connectivity index (χ1v) is 7.49. The van der Waals surface area contributed by atoms with Gasteiger partial charge >= 0.3 is 5.97 Å². The molecular formula is C17H14ClN3O2. The Balaban J connectivity index is 2.10. The van der Waals surface area contributed by atoms with Gasteiger partial charge in [-0.25, -0.2) is 9.78 Å². The number of esters is 1. The van der Waals surface area contributed by atoms with Crippen LogP contribution in [-0.2, 0) is 4.74 Å². The SMILES string of the molecule is CCOC(=O)c1ccc(-n2c(Cl)nc3ccccc3c2=N)cc1. The van der Waals surface area contributed by atoms with Crippen LogP contribution in [0.3, 0.4) is 0 Å². The van der Waals surface area contributed by atoms with Crippen LogP contribution in [-0.4, -0.2) is 22.1 Å². The minimum absolute atomic E-state index is 0.192. The highest BCUT2D eigenvalue weighted by molar-refractivity contribution is 6.29. The Morgan fingerprint density at radius 3 is 2.61 bits per heavy atom. The summed E-state index contributed by atoms with van der Waals surface area (Å²) in [5.74, 6) is -0.377. The second kappa shape index (κ2) is 6.22. The van der Waals surface area contributed by atoms with Crippen molar-refractivity contribution in [3.05, 3.63) is 64.9 Å². The van der Waals surface area contributed by atoms with Crippen molar-refractivity contribution in [1.29, 1.82) is 5.41 Å². The molecule has 5 nitrogen and oxygen atoms in total. The zero-order valence-corrected chi connectivity index (χ0v) is 13.2. The highest BCUT2D eigenvalue weighted by Crippen LogP contribution is 2.17. The Hall–Kier alpha value is -2.66. The molecule has 0 aliphatic heterocycles. The molecule has 0 aliphatic carbocycles. The van der Waals surface area contributed by atoms with Crippen molar-refractivity contribution in [2.24, 2.45) is 0 Å². The third-order valence-electron chi connectivity index (χ3n) is 3.42. The summed E-state index contributed by atoms with van der Waals surface area (Å²) in [6, 6.07) is 14.1. The molecule has 0 unspecified atom stereocenters. The van der Waals surface area contributed by atoms with Gasteiger partial charge in [0.2, 0.25) is 5.28 Å². The molecule has 3 aromatic rings. The lowest BCUT2D eigenvalue weighted by Gasteiger charge is -2.11. The summed E-state index contributed by atoms with van der Waals surface area (Å²) in [5, 5.41) is 9.26. The molecule has 1 aromatic heterocycles. The number of hydrogen-bond donors (Lipinski definition) is 1. The van der Waals surface area contributed by atoms with E-state index in [0.29, 0.717) is 28.8 Å². The van der Waals surface area contributed by atoms with Crippen LogP contribution >= 0.6 is 11.6 Å². The van der Waals surface area contributed by atoms with Gasteiger partial charge in [0.15, 0.2) is 0 Å². The number of carbonyl (C=O) groups excluding carboxylic acids is 1. The van der Waals surface area contributed by atoms with Crippen molar-refractivity contribution in [2.75, 3.05) is 6.61 Å². The molecule has 0 aliphatic rings. The predicted molar refractivity (Wildman–Crippen MR) is 87.9 cm³/mol. The maximum atomic E-state index is 11.7. The number of ether oxygens (including phenoxy) is 1. The van der Waals surface area contributed by atoms with Gasteiger partial charge in [0.25, 0.3) is 0 Å². The number of fused-ring (bicyclic) bond motifs is 1. The van der Waals surface area contributed by atoms with Gasteiger partial charge in [-0.15, -0.1) is 0 Å². The van der Waals surface area contributed by atoms with Crippen LogP contribution in [0.2, 0.25) is 5.28 Å². The van der Waals surface area contributed by atoms with Gasteiger partial charge in [0.05, 0.1) is 23.4 Å². The quantitative estimate of drug-likeness (QED) is 0.592. The molecule has 116 valence electrons. The summed E-state index contributed by atoms with van der Waals surface area (Å²) in [6.07, 6.45) is 0. The number of para-hydroxylation sites is 1. The van der Waals surface area contributed by atoms with Gasteiger partial charge in [-0.3, -0.25) is 9.98 Å². The van der Waals surface area contributed by atoms with Crippen molar-refractivity contribution in [3.8, 4) is 5.69 Å². The molecule has 0 spiro atoms. The van der Waals surface area contributed by atoms with E-state index in [1.807, 2.05) is 24.3 Å². The van der Waals surface area contributed by atoms with Crippen LogP contribution in [0, 0.1) is 5.41 Å². The lowest BCUT2D eigenvalue weighted by Crippen LogP contribution is -2.20. The lowest BCUT2D eigenvalue weighted by atomic mass is 10.2. The van der Waals surface area contributed by atoms with E-state index in [1.165, 1.54) is 4.57 Å². The molecule has 0 fully saturated rings. The molecular weight excluding hydrogens is 314 g/mol. The lowest BCUT2D eigenvalue weighted by molar-refractivity contribution is 0.0526. The smallest absolute Gasteiger partial charge is 0.338 e. The number of halogens is 1. The average molecular weight is 328 g/mol. The molecule has 1 N–H and O–H groups in total. The zero-order valence-electron chi connectivity index (χ0n) is 12.4. The second-order valence-corrected chi connectivity index (χ2v) is 5.19. The minimum atomic E-state index is -0.377. The number of hydrogen-bond acceptors (Lipinski definition) is 4. The van der Waals surface area contributed by atoms with Crippen molar-refractivity contribution < 1.29 is 9.53 Å². The maximum absolute atomic E-state index is 11.7. The highest BCUT2D eigenvalue weighted by atomic mass is 35.5. The Bertz CT molecular complexity index is 933. The van der Waals surface area contributed by atoms with Gasteiger partial charge in [0.1, 0.15) is 5.49 Å². The van der Waals surface area contributed by atoms with Crippen LogP contribution in [0.4, 0.5) is 0 Å². The molecule has 0 atom stereocenters. The number of rotatable bonds is 3. The van der Waals surface area contributed by atoms with E-state index in [2.05, 4.69) is 4.98 Å². The Labute approximate surface area is 137 Å². The topological polar surface area (TPSA) is 68.0 Å². The van der Waals surface area contributed by atoms with E-state index in [-0.39, 0.29) is 16.7 Å². The van der Waals surface area contributed by atoms with Gasteiger partial charge < -0.3 is 4.74 Å². The summed E-state index contributed by atoms with van der Waals surface area (Å²) in [4.78, 5) is 16.0. The normalized spacial score (nSPS) is 10.7. The van der Waals surface area contributed by atoms with Gasteiger partial charge in [-0.05, 0) is 54.9 Å². The van der Waals surface area contributed by atoms with Crippen molar-refractivity contribution >= 4 is 28.5 Å². The molecule has 6 heteroatoms.